The molecule has 0 atom stereocenters. The van der Waals surface area contributed by atoms with E-state index in [2.05, 4.69) is 58.4 Å². The Hall–Kier alpha value is -2.55. The van der Waals surface area contributed by atoms with Crippen LogP contribution in [0, 0.1) is 0 Å². The summed E-state index contributed by atoms with van der Waals surface area (Å²) in [6.07, 6.45) is 1.40. The third-order valence-corrected chi connectivity index (χ3v) is 4.69. The number of benzene rings is 2. The smallest absolute Gasteiger partial charge is 0.219 e. The van der Waals surface area contributed by atoms with Crippen molar-refractivity contribution in [2.45, 2.75) is 26.3 Å². The monoisotopic (exact) mass is 304 g/mol. The summed E-state index contributed by atoms with van der Waals surface area (Å²) < 4.78 is 2.41. The zero-order valence-corrected chi connectivity index (χ0v) is 13.3. The van der Waals surface area contributed by atoms with E-state index in [0.717, 1.165) is 13.0 Å². The maximum Gasteiger partial charge on any atom is 0.219 e. The number of nitrogens with one attached hydrogen (secondary N) is 1. The molecule has 1 aliphatic heterocycles. The Kier molecular flexibility index (Phi) is 3.41. The van der Waals surface area contributed by atoms with Crippen LogP contribution < -0.4 is 5.32 Å². The van der Waals surface area contributed by atoms with E-state index in [1.54, 1.807) is 0 Å². The lowest BCUT2D eigenvalue weighted by atomic mass is 10.0. The Bertz CT molecular complexity index is 892. The van der Waals surface area contributed by atoms with Gasteiger partial charge in [0.05, 0.1) is 5.69 Å². The average molecular weight is 304 g/mol. The molecule has 1 aromatic heterocycles. The molecule has 0 aliphatic carbocycles. The van der Waals surface area contributed by atoms with Crippen LogP contribution in [0.25, 0.3) is 22.2 Å². The number of para-hydroxylation sites is 1. The highest BCUT2D eigenvalue weighted by Gasteiger charge is 2.25. The van der Waals surface area contributed by atoms with Crippen LogP contribution in [0.5, 0.6) is 0 Å². The molecule has 0 spiro atoms. The highest BCUT2D eigenvalue weighted by atomic mass is 16.1. The number of nitrogens with zero attached hydrogens (tertiary/aromatic N) is 1. The standard InChI is InChI=1S/C20H20N2O/c1-2-19(23)21-12-11-17-16-9-5-6-10-18(16)22-13-14-7-3-4-8-15(14)20(17)22/h3-10H,2,11-13H2,1H3,(H,21,23). The van der Waals surface area contributed by atoms with E-state index < -0.39 is 0 Å². The normalized spacial score (nSPS) is 12.2. The van der Waals surface area contributed by atoms with E-state index in [0.29, 0.717) is 13.0 Å². The van der Waals surface area contributed by atoms with E-state index in [4.69, 9.17) is 0 Å². The van der Waals surface area contributed by atoms with Crippen LogP contribution in [0.1, 0.15) is 24.5 Å². The molecule has 2 aromatic carbocycles. The first-order valence-electron chi connectivity index (χ1n) is 8.24. The predicted molar refractivity (Wildman–Crippen MR) is 93.5 cm³/mol. The van der Waals surface area contributed by atoms with Gasteiger partial charge >= 0.3 is 0 Å². The van der Waals surface area contributed by atoms with Gasteiger partial charge in [-0.15, -0.1) is 0 Å². The van der Waals surface area contributed by atoms with Crippen molar-refractivity contribution in [1.29, 1.82) is 0 Å². The summed E-state index contributed by atoms with van der Waals surface area (Å²) in [5.74, 6) is 0.116. The molecule has 0 bridgehead atoms. The number of aromatic nitrogens is 1. The van der Waals surface area contributed by atoms with Crippen molar-refractivity contribution >= 4 is 16.8 Å². The zero-order chi connectivity index (χ0) is 15.8. The maximum atomic E-state index is 11.5. The minimum absolute atomic E-state index is 0.116. The second-order valence-electron chi connectivity index (χ2n) is 6.04. The fourth-order valence-corrected chi connectivity index (χ4v) is 3.61. The summed E-state index contributed by atoms with van der Waals surface area (Å²) in [5.41, 5.74) is 6.68. The molecule has 4 rings (SSSR count). The van der Waals surface area contributed by atoms with Gasteiger partial charge in [-0.25, -0.2) is 0 Å². The lowest BCUT2D eigenvalue weighted by Gasteiger charge is -2.06. The summed E-state index contributed by atoms with van der Waals surface area (Å²) in [6, 6.07) is 17.2. The van der Waals surface area contributed by atoms with Gasteiger partial charge in [0.1, 0.15) is 0 Å². The van der Waals surface area contributed by atoms with Crippen LogP contribution in [0.3, 0.4) is 0 Å². The molecule has 3 heteroatoms. The molecule has 1 N–H and O–H groups in total. The third kappa shape index (κ3) is 2.24. The molecule has 0 saturated heterocycles. The molecule has 1 amide bonds. The molecule has 0 fully saturated rings. The van der Waals surface area contributed by atoms with Gasteiger partial charge in [0.2, 0.25) is 5.91 Å². The van der Waals surface area contributed by atoms with Gasteiger partial charge in [-0.1, -0.05) is 49.4 Å². The number of carbonyl (C=O) groups is 1. The quantitative estimate of drug-likeness (QED) is 0.612. The van der Waals surface area contributed by atoms with Gasteiger partial charge in [0.15, 0.2) is 0 Å². The summed E-state index contributed by atoms with van der Waals surface area (Å²) >= 11 is 0. The average Bonchev–Trinajstić information content (AvgIpc) is 3.11. The van der Waals surface area contributed by atoms with Gasteiger partial charge in [-0.05, 0) is 23.6 Å². The molecule has 23 heavy (non-hydrogen) atoms. The number of carbonyl (C=O) groups excluding carboxylic acids is 1. The van der Waals surface area contributed by atoms with E-state index in [1.807, 2.05) is 6.92 Å². The van der Waals surface area contributed by atoms with E-state index in [-0.39, 0.29) is 5.91 Å². The molecule has 1 aliphatic rings. The van der Waals surface area contributed by atoms with Crippen molar-refractivity contribution in [3.8, 4) is 11.3 Å². The number of rotatable bonds is 4. The Balaban J connectivity index is 1.79. The first-order valence-corrected chi connectivity index (χ1v) is 8.24. The van der Waals surface area contributed by atoms with Crippen molar-refractivity contribution in [2.75, 3.05) is 6.54 Å². The maximum absolute atomic E-state index is 11.5. The predicted octanol–water partition coefficient (Wildman–Crippen LogP) is 3.74. The van der Waals surface area contributed by atoms with Crippen molar-refractivity contribution in [2.24, 2.45) is 0 Å². The largest absolute Gasteiger partial charge is 0.356 e. The molecule has 0 saturated carbocycles. The summed E-state index contributed by atoms with van der Waals surface area (Å²) in [5, 5.41) is 4.31. The highest BCUT2D eigenvalue weighted by molar-refractivity contribution is 5.94. The Labute approximate surface area is 135 Å². The minimum atomic E-state index is 0.116. The second kappa shape index (κ2) is 5.58. The number of amides is 1. The van der Waals surface area contributed by atoms with Crippen molar-refractivity contribution in [3.05, 3.63) is 59.7 Å². The van der Waals surface area contributed by atoms with Gasteiger partial charge in [0, 0.05) is 36.0 Å². The lowest BCUT2D eigenvalue weighted by Crippen LogP contribution is -2.24. The van der Waals surface area contributed by atoms with Gasteiger partial charge in [-0.3, -0.25) is 4.79 Å². The first-order chi connectivity index (χ1) is 11.3. The molecular formula is C20H20N2O. The first kappa shape index (κ1) is 14.1. The van der Waals surface area contributed by atoms with E-state index in [1.165, 1.54) is 33.3 Å². The van der Waals surface area contributed by atoms with Crippen molar-refractivity contribution < 1.29 is 4.79 Å². The van der Waals surface area contributed by atoms with Crippen LogP contribution in [0.4, 0.5) is 0 Å². The Morgan fingerprint density at radius 1 is 1.13 bits per heavy atom. The van der Waals surface area contributed by atoms with Gasteiger partial charge in [-0.2, -0.15) is 0 Å². The SMILES string of the molecule is CCC(=O)NCCc1c2n(c3ccccc13)Cc1ccccc1-2. The lowest BCUT2D eigenvalue weighted by molar-refractivity contribution is -0.120. The third-order valence-electron chi connectivity index (χ3n) is 4.69. The second-order valence-corrected chi connectivity index (χ2v) is 6.04. The topological polar surface area (TPSA) is 34.0 Å². The van der Waals surface area contributed by atoms with Crippen LogP contribution in [0.15, 0.2) is 48.5 Å². The Morgan fingerprint density at radius 3 is 2.78 bits per heavy atom. The van der Waals surface area contributed by atoms with Crippen molar-refractivity contribution in [3.63, 3.8) is 0 Å². The molecule has 0 unspecified atom stereocenters. The number of hydrogen-bond donors (Lipinski definition) is 1. The van der Waals surface area contributed by atoms with Crippen molar-refractivity contribution in [1.82, 2.24) is 9.88 Å². The zero-order valence-electron chi connectivity index (χ0n) is 13.3. The van der Waals surface area contributed by atoms with Crippen LogP contribution in [0.2, 0.25) is 0 Å². The van der Waals surface area contributed by atoms with Crippen LogP contribution >= 0.6 is 0 Å². The van der Waals surface area contributed by atoms with Gasteiger partial charge < -0.3 is 9.88 Å². The number of hydrogen-bond acceptors (Lipinski definition) is 1. The van der Waals surface area contributed by atoms with Crippen LogP contribution in [-0.4, -0.2) is 17.0 Å². The van der Waals surface area contributed by atoms with E-state index in [9.17, 15) is 4.79 Å². The molecule has 3 aromatic rings. The summed E-state index contributed by atoms with van der Waals surface area (Å²) in [7, 11) is 0. The van der Waals surface area contributed by atoms with Crippen LogP contribution in [-0.2, 0) is 17.8 Å². The molecular weight excluding hydrogens is 284 g/mol. The molecule has 116 valence electrons. The molecule has 3 nitrogen and oxygen atoms in total. The number of fused-ring (bicyclic) bond motifs is 5. The molecule has 2 heterocycles. The minimum Gasteiger partial charge on any atom is -0.356 e. The Morgan fingerprint density at radius 2 is 1.91 bits per heavy atom. The summed E-state index contributed by atoms with van der Waals surface area (Å²) in [6.45, 7) is 3.51. The summed E-state index contributed by atoms with van der Waals surface area (Å²) in [4.78, 5) is 11.5. The highest BCUT2D eigenvalue weighted by Crippen LogP contribution is 2.40. The molecule has 0 radical (unpaired) electrons. The fourth-order valence-electron chi connectivity index (χ4n) is 3.61. The van der Waals surface area contributed by atoms with Gasteiger partial charge in [0.25, 0.3) is 0 Å². The fraction of sp³-hybridized carbons (Fsp3) is 0.250. The van der Waals surface area contributed by atoms with E-state index >= 15 is 0 Å².